The molecule has 0 atom stereocenters. The van der Waals surface area contributed by atoms with Crippen LogP contribution in [0.1, 0.15) is 24.0 Å². The standard InChI is InChI=1S/C20H18N2O/c23-20(16-8-9-16)22-19-12-17-7-6-15(11-18(17)13-21-19)10-14-4-2-1-3-5-14/h1-7,11-13,16H,8-10H2,(H,21,22,23). The van der Waals surface area contributed by atoms with Crippen LogP contribution in [0.3, 0.4) is 0 Å². The first-order chi connectivity index (χ1) is 11.3. The molecule has 1 saturated carbocycles. The molecule has 0 bridgehead atoms. The number of hydrogen-bond donors (Lipinski definition) is 1. The van der Waals surface area contributed by atoms with Crippen molar-refractivity contribution in [1.29, 1.82) is 0 Å². The number of aromatic nitrogens is 1. The molecule has 0 saturated heterocycles. The van der Waals surface area contributed by atoms with Crippen molar-refractivity contribution in [3.63, 3.8) is 0 Å². The minimum Gasteiger partial charge on any atom is -0.310 e. The molecular weight excluding hydrogens is 284 g/mol. The number of carbonyl (C=O) groups excluding carboxylic acids is 1. The summed E-state index contributed by atoms with van der Waals surface area (Å²) in [6.07, 6.45) is 4.76. The average molecular weight is 302 g/mol. The molecule has 3 heteroatoms. The molecule has 4 rings (SSSR count). The number of amides is 1. The van der Waals surface area contributed by atoms with Gasteiger partial charge in [-0.05, 0) is 47.9 Å². The van der Waals surface area contributed by atoms with E-state index in [1.165, 1.54) is 11.1 Å². The van der Waals surface area contributed by atoms with Crippen LogP contribution in [0.15, 0.2) is 60.8 Å². The second-order valence-electron chi connectivity index (χ2n) is 6.18. The highest BCUT2D eigenvalue weighted by Gasteiger charge is 2.29. The number of rotatable bonds is 4. The zero-order valence-corrected chi connectivity index (χ0v) is 12.8. The van der Waals surface area contributed by atoms with Gasteiger partial charge in [-0.3, -0.25) is 4.79 Å². The summed E-state index contributed by atoms with van der Waals surface area (Å²) >= 11 is 0. The van der Waals surface area contributed by atoms with Crippen LogP contribution in [-0.4, -0.2) is 10.9 Å². The van der Waals surface area contributed by atoms with Gasteiger partial charge in [0.25, 0.3) is 0 Å². The summed E-state index contributed by atoms with van der Waals surface area (Å²) in [5, 5.41) is 5.10. The van der Waals surface area contributed by atoms with Crippen molar-refractivity contribution in [2.45, 2.75) is 19.3 Å². The van der Waals surface area contributed by atoms with Crippen LogP contribution in [0.25, 0.3) is 10.8 Å². The SMILES string of the molecule is O=C(Nc1cc2ccc(Cc3ccccc3)cc2cn1)C1CC1. The molecule has 1 aliphatic carbocycles. The maximum atomic E-state index is 11.8. The fraction of sp³-hybridized carbons (Fsp3) is 0.200. The maximum Gasteiger partial charge on any atom is 0.228 e. The molecule has 0 unspecified atom stereocenters. The fourth-order valence-corrected chi connectivity index (χ4v) is 2.77. The number of hydrogen-bond acceptors (Lipinski definition) is 2. The number of pyridine rings is 1. The minimum absolute atomic E-state index is 0.0950. The lowest BCUT2D eigenvalue weighted by Gasteiger charge is -2.07. The van der Waals surface area contributed by atoms with Crippen LogP contribution >= 0.6 is 0 Å². The molecular formula is C20H18N2O. The Balaban J connectivity index is 1.56. The number of nitrogens with zero attached hydrogens (tertiary/aromatic N) is 1. The first-order valence-electron chi connectivity index (χ1n) is 8.01. The van der Waals surface area contributed by atoms with E-state index in [0.717, 1.165) is 30.0 Å². The summed E-state index contributed by atoms with van der Waals surface area (Å²) in [6.45, 7) is 0. The summed E-state index contributed by atoms with van der Waals surface area (Å²) in [6, 6.07) is 18.8. The molecule has 114 valence electrons. The van der Waals surface area contributed by atoms with E-state index in [2.05, 4.69) is 52.8 Å². The number of nitrogens with one attached hydrogen (secondary N) is 1. The molecule has 2 aromatic carbocycles. The Kier molecular flexibility index (Phi) is 3.54. The van der Waals surface area contributed by atoms with E-state index in [4.69, 9.17) is 0 Å². The highest BCUT2D eigenvalue weighted by atomic mass is 16.2. The van der Waals surface area contributed by atoms with Gasteiger partial charge in [-0.1, -0.05) is 42.5 Å². The predicted molar refractivity (Wildman–Crippen MR) is 92.3 cm³/mol. The normalized spacial score (nSPS) is 13.9. The monoisotopic (exact) mass is 302 g/mol. The van der Waals surface area contributed by atoms with Crippen LogP contribution in [0.5, 0.6) is 0 Å². The number of anilines is 1. The zero-order chi connectivity index (χ0) is 15.6. The predicted octanol–water partition coefficient (Wildman–Crippen LogP) is 4.17. The van der Waals surface area contributed by atoms with E-state index in [0.29, 0.717) is 5.82 Å². The molecule has 1 amide bonds. The quantitative estimate of drug-likeness (QED) is 0.785. The Labute approximate surface area is 135 Å². The van der Waals surface area contributed by atoms with Gasteiger partial charge in [0.2, 0.25) is 5.91 Å². The highest BCUT2D eigenvalue weighted by molar-refractivity contribution is 5.95. The highest BCUT2D eigenvalue weighted by Crippen LogP contribution is 2.30. The van der Waals surface area contributed by atoms with Gasteiger partial charge in [0, 0.05) is 17.5 Å². The summed E-state index contributed by atoms with van der Waals surface area (Å²) in [4.78, 5) is 16.2. The Morgan fingerprint density at radius 1 is 1.00 bits per heavy atom. The van der Waals surface area contributed by atoms with Crippen molar-refractivity contribution in [1.82, 2.24) is 4.98 Å². The molecule has 0 spiro atoms. The lowest BCUT2D eigenvalue weighted by Crippen LogP contribution is -2.14. The molecule has 1 heterocycles. The van der Waals surface area contributed by atoms with E-state index in [-0.39, 0.29) is 11.8 Å². The van der Waals surface area contributed by atoms with Gasteiger partial charge in [0.1, 0.15) is 5.82 Å². The lowest BCUT2D eigenvalue weighted by atomic mass is 10.0. The molecule has 3 nitrogen and oxygen atoms in total. The third-order valence-corrected chi connectivity index (χ3v) is 4.24. The van der Waals surface area contributed by atoms with Gasteiger partial charge >= 0.3 is 0 Å². The Bertz CT molecular complexity index is 854. The van der Waals surface area contributed by atoms with Gasteiger partial charge in [-0.15, -0.1) is 0 Å². The summed E-state index contributed by atoms with van der Waals surface area (Å²) in [5.74, 6) is 0.934. The summed E-state index contributed by atoms with van der Waals surface area (Å²) in [5.41, 5.74) is 2.56. The molecule has 1 fully saturated rings. The maximum absolute atomic E-state index is 11.8. The van der Waals surface area contributed by atoms with E-state index >= 15 is 0 Å². The number of carbonyl (C=O) groups is 1. The largest absolute Gasteiger partial charge is 0.310 e. The minimum atomic E-state index is 0.0950. The van der Waals surface area contributed by atoms with Crippen LogP contribution in [0, 0.1) is 5.92 Å². The van der Waals surface area contributed by atoms with Crippen LogP contribution < -0.4 is 5.32 Å². The van der Waals surface area contributed by atoms with Gasteiger partial charge in [-0.2, -0.15) is 0 Å². The first kappa shape index (κ1) is 13.9. The molecule has 0 aliphatic heterocycles. The van der Waals surface area contributed by atoms with Crippen molar-refractivity contribution < 1.29 is 4.79 Å². The average Bonchev–Trinajstić information content (AvgIpc) is 3.41. The molecule has 0 radical (unpaired) electrons. The van der Waals surface area contributed by atoms with Gasteiger partial charge < -0.3 is 5.32 Å². The Morgan fingerprint density at radius 3 is 2.61 bits per heavy atom. The van der Waals surface area contributed by atoms with Crippen molar-refractivity contribution in [3.8, 4) is 0 Å². The van der Waals surface area contributed by atoms with E-state index in [1.807, 2.05) is 18.3 Å². The smallest absolute Gasteiger partial charge is 0.228 e. The summed E-state index contributed by atoms with van der Waals surface area (Å²) in [7, 11) is 0. The fourth-order valence-electron chi connectivity index (χ4n) is 2.77. The second kappa shape index (κ2) is 5.84. The molecule has 1 aliphatic rings. The molecule has 1 aromatic heterocycles. The van der Waals surface area contributed by atoms with Gasteiger partial charge in [0.15, 0.2) is 0 Å². The van der Waals surface area contributed by atoms with Crippen LogP contribution in [-0.2, 0) is 11.2 Å². The molecule has 3 aromatic rings. The van der Waals surface area contributed by atoms with E-state index in [1.54, 1.807) is 0 Å². The summed E-state index contributed by atoms with van der Waals surface area (Å²) < 4.78 is 0. The van der Waals surface area contributed by atoms with Crippen molar-refractivity contribution in [2.75, 3.05) is 5.32 Å². The Hall–Kier alpha value is -2.68. The Morgan fingerprint density at radius 2 is 1.83 bits per heavy atom. The van der Waals surface area contributed by atoms with E-state index < -0.39 is 0 Å². The lowest BCUT2D eigenvalue weighted by molar-refractivity contribution is -0.117. The van der Waals surface area contributed by atoms with Crippen LogP contribution in [0.2, 0.25) is 0 Å². The first-order valence-corrected chi connectivity index (χ1v) is 8.01. The third kappa shape index (κ3) is 3.24. The zero-order valence-electron chi connectivity index (χ0n) is 12.8. The molecule has 23 heavy (non-hydrogen) atoms. The van der Waals surface area contributed by atoms with Crippen molar-refractivity contribution >= 4 is 22.5 Å². The van der Waals surface area contributed by atoms with Crippen molar-refractivity contribution in [3.05, 3.63) is 71.9 Å². The van der Waals surface area contributed by atoms with E-state index in [9.17, 15) is 4.79 Å². The van der Waals surface area contributed by atoms with Crippen molar-refractivity contribution in [2.24, 2.45) is 5.92 Å². The second-order valence-corrected chi connectivity index (χ2v) is 6.18. The molecule has 1 N–H and O–H groups in total. The van der Waals surface area contributed by atoms with Gasteiger partial charge in [0.05, 0.1) is 0 Å². The number of fused-ring (bicyclic) bond motifs is 1. The number of benzene rings is 2. The topological polar surface area (TPSA) is 42.0 Å². The van der Waals surface area contributed by atoms with Crippen LogP contribution in [0.4, 0.5) is 5.82 Å². The third-order valence-electron chi connectivity index (χ3n) is 4.24. The van der Waals surface area contributed by atoms with Gasteiger partial charge in [-0.25, -0.2) is 4.98 Å².